The van der Waals surface area contributed by atoms with Gasteiger partial charge in [0.25, 0.3) is 0 Å². The van der Waals surface area contributed by atoms with E-state index in [1.165, 1.54) is 10.3 Å². The average Bonchev–Trinajstić information content (AvgIpc) is 2.74. The summed E-state index contributed by atoms with van der Waals surface area (Å²) in [5.41, 5.74) is 2.25. The van der Waals surface area contributed by atoms with E-state index in [0.717, 1.165) is 23.5 Å². The lowest BCUT2D eigenvalue weighted by Gasteiger charge is -2.14. The van der Waals surface area contributed by atoms with Gasteiger partial charge in [0.15, 0.2) is 5.13 Å². The van der Waals surface area contributed by atoms with E-state index in [4.69, 9.17) is 0 Å². The molecule has 1 saturated carbocycles. The molecule has 1 aliphatic carbocycles. The maximum atomic E-state index is 9.70. The second kappa shape index (κ2) is 5.68. The maximum Gasteiger partial charge on any atom is 0.184 e. The summed E-state index contributed by atoms with van der Waals surface area (Å²) in [6.45, 7) is 2.07. The SMILES string of the molecule is Cc1ccc2sc(NC3CC[C@@H](O)[C@@H](O)CC3)nc2c1. The van der Waals surface area contributed by atoms with Crippen LogP contribution in [0.25, 0.3) is 10.2 Å². The molecule has 0 radical (unpaired) electrons. The molecule has 1 heterocycles. The number of hydrogen-bond acceptors (Lipinski definition) is 5. The van der Waals surface area contributed by atoms with Gasteiger partial charge >= 0.3 is 0 Å². The summed E-state index contributed by atoms with van der Waals surface area (Å²) in [4.78, 5) is 4.62. The fourth-order valence-corrected chi connectivity index (χ4v) is 3.61. The molecule has 0 amide bonds. The van der Waals surface area contributed by atoms with Crippen LogP contribution in [-0.4, -0.2) is 33.4 Å². The van der Waals surface area contributed by atoms with Gasteiger partial charge in [0.2, 0.25) is 0 Å². The lowest BCUT2D eigenvalue weighted by molar-refractivity contribution is 0.0157. The molecule has 3 N–H and O–H groups in total. The van der Waals surface area contributed by atoms with E-state index in [1.54, 1.807) is 11.3 Å². The van der Waals surface area contributed by atoms with Crippen molar-refractivity contribution in [2.45, 2.75) is 50.9 Å². The minimum atomic E-state index is -0.584. The lowest BCUT2D eigenvalue weighted by atomic mass is 10.1. The van der Waals surface area contributed by atoms with E-state index in [2.05, 4.69) is 35.4 Å². The topological polar surface area (TPSA) is 65.4 Å². The van der Waals surface area contributed by atoms with Crippen LogP contribution in [0.5, 0.6) is 0 Å². The summed E-state index contributed by atoms with van der Waals surface area (Å²) in [5, 5.41) is 23.8. The normalized spacial score (nSPS) is 27.4. The first-order valence-electron chi connectivity index (χ1n) is 7.11. The Morgan fingerprint density at radius 1 is 1.15 bits per heavy atom. The molecule has 0 aliphatic heterocycles. The van der Waals surface area contributed by atoms with E-state index in [9.17, 15) is 10.2 Å². The van der Waals surface area contributed by atoms with Crippen molar-refractivity contribution >= 4 is 26.7 Å². The van der Waals surface area contributed by atoms with Gasteiger partial charge in [-0.2, -0.15) is 0 Å². The average molecular weight is 292 g/mol. The Kier molecular flexibility index (Phi) is 3.92. The van der Waals surface area contributed by atoms with E-state index in [-0.39, 0.29) is 6.04 Å². The molecule has 3 rings (SSSR count). The molecule has 1 unspecified atom stereocenters. The van der Waals surface area contributed by atoms with Crippen LogP contribution in [0.4, 0.5) is 5.13 Å². The van der Waals surface area contributed by atoms with E-state index in [1.807, 2.05) is 0 Å². The summed E-state index contributed by atoms with van der Waals surface area (Å²) < 4.78 is 1.19. The number of aryl methyl sites for hydroxylation is 1. The van der Waals surface area contributed by atoms with Crippen LogP contribution in [0, 0.1) is 6.92 Å². The van der Waals surface area contributed by atoms with Gasteiger partial charge in [-0.1, -0.05) is 17.4 Å². The smallest absolute Gasteiger partial charge is 0.184 e. The first-order chi connectivity index (χ1) is 9.61. The van der Waals surface area contributed by atoms with Crippen LogP contribution in [0.15, 0.2) is 18.2 Å². The number of nitrogens with one attached hydrogen (secondary N) is 1. The molecular weight excluding hydrogens is 272 g/mol. The van der Waals surface area contributed by atoms with E-state index in [0.29, 0.717) is 12.8 Å². The quantitative estimate of drug-likeness (QED) is 0.745. The largest absolute Gasteiger partial charge is 0.390 e. The molecule has 1 aliphatic rings. The first-order valence-corrected chi connectivity index (χ1v) is 7.93. The number of anilines is 1. The minimum Gasteiger partial charge on any atom is -0.390 e. The maximum absolute atomic E-state index is 9.70. The standard InChI is InChI=1S/C15H20N2O2S/c1-9-2-7-14-11(8-9)17-15(20-14)16-10-3-5-12(18)13(19)6-4-10/h2,7-8,10,12-13,18-19H,3-6H2,1H3,(H,16,17)/t10?,12-,13+. The van der Waals surface area contributed by atoms with Gasteiger partial charge in [-0.15, -0.1) is 0 Å². The highest BCUT2D eigenvalue weighted by atomic mass is 32.1. The fraction of sp³-hybridized carbons (Fsp3) is 0.533. The van der Waals surface area contributed by atoms with Crippen molar-refractivity contribution in [3.63, 3.8) is 0 Å². The number of fused-ring (bicyclic) bond motifs is 1. The Balaban J connectivity index is 1.72. The van der Waals surface area contributed by atoms with Gasteiger partial charge in [-0.05, 0) is 50.3 Å². The van der Waals surface area contributed by atoms with Crippen molar-refractivity contribution in [3.05, 3.63) is 23.8 Å². The van der Waals surface area contributed by atoms with Gasteiger partial charge in [-0.3, -0.25) is 0 Å². The first kappa shape index (κ1) is 13.8. The molecule has 1 aromatic heterocycles. The molecular formula is C15H20N2O2S. The number of aromatic nitrogens is 1. The molecule has 1 aromatic carbocycles. The van der Waals surface area contributed by atoms with Crippen LogP contribution in [0.1, 0.15) is 31.2 Å². The minimum absolute atomic E-state index is 0.281. The molecule has 108 valence electrons. The number of aliphatic hydroxyl groups excluding tert-OH is 2. The number of thiazole rings is 1. The predicted octanol–water partition coefficient (Wildman–Crippen LogP) is 2.68. The monoisotopic (exact) mass is 292 g/mol. The number of aliphatic hydroxyl groups is 2. The van der Waals surface area contributed by atoms with Crippen molar-refractivity contribution < 1.29 is 10.2 Å². The second-order valence-electron chi connectivity index (χ2n) is 5.62. The van der Waals surface area contributed by atoms with Gasteiger partial charge in [-0.25, -0.2) is 4.98 Å². The third-order valence-corrected chi connectivity index (χ3v) is 4.90. The third kappa shape index (κ3) is 2.95. The van der Waals surface area contributed by atoms with Crippen LogP contribution < -0.4 is 5.32 Å². The summed E-state index contributed by atoms with van der Waals surface area (Å²) in [5.74, 6) is 0. The molecule has 20 heavy (non-hydrogen) atoms. The predicted molar refractivity (Wildman–Crippen MR) is 82.2 cm³/mol. The van der Waals surface area contributed by atoms with Crippen molar-refractivity contribution in [1.29, 1.82) is 0 Å². The number of rotatable bonds is 2. The Bertz CT molecular complexity index is 587. The molecule has 3 atom stereocenters. The molecule has 1 fully saturated rings. The summed E-state index contributed by atoms with van der Waals surface area (Å²) in [7, 11) is 0. The molecule has 2 aromatic rings. The molecule has 5 heteroatoms. The van der Waals surface area contributed by atoms with Gasteiger partial charge < -0.3 is 15.5 Å². The van der Waals surface area contributed by atoms with Gasteiger partial charge in [0.1, 0.15) is 0 Å². The number of hydrogen-bond donors (Lipinski definition) is 3. The Hall–Kier alpha value is -1.17. The zero-order valence-electron chi connectivity index (χ0n) is 11.5. The van der Waals surface area contributed by atoms with Crippen molar-refractivity contribution in [2.24, 2.45) is 0 Å². The van der Waals surface area contributed by atoms with Crippen LogP contribution in [0.2, 0.25) is 0 Å². The van der Waals surface area contributed by atoms with Crippen molar-refractivity contribution in [1.82, 2.24) is 4.98 Å². The number of benzene rings is 1. The van der Waals surface area contributed by atoms with Crippen LogP contribution in [0.3, 0.4) is 0 Å². The second-order valence-corrected chi connectivity index (χ2v) is 6.65. The summed E-state index contributed by atoms with van der Waals surface area (Å²) >= 11 is 1.66. The van der Waals surface area contributed by atoms with E-state index < -0.39 is 12.2 Å². The number of nitrogens with zero attached hydrogens (tertiary/aromatic N) is 1. The molecule has 0 saturated heterocycles. The van der Waals surface area contributed by atoms with Crippen molar-refractivity contribution in [3.8, 4) is 0 Å². The zero-order valence-corrected chi connectivity index (χ0v) is 12.4. The molecule has 4 nitrogen and oxygen atoms in total. The molecule has 0 spiro atoms. The van der Waals surface area contributed by atoms with Crippen molar-refractivity contribution in [2.75, 3.05) is 5.32 Å². The fourth-order valence-electron chi connectivity index (χ4n) is 2.69. The third-order valence-electron chi connectivity index (χ3n) is 3.94. The summed E-state index contributed by atoms with van der Waals surface area (Å²) in [6.07, 6.45) is 1.85. The van der Waals surface area contributed by atoms with Crippen LogP contribution >= 0.6 is 11.3 Å². The Morgan fingerprint density at radius 2 is 1.85 bits per heavy atom. The van der Waals surface area contributed by atoms with Crippen LogP contribution in [-0.2, 0) is 0 Å². The lowest BCUT2D eigenvalue weighted by Crippen LogP contribution is -2.23. The van der Waals surface area contributed by atoms with Gasteiger partial charge in [0.05, 0.1) is 22.4 Å². The van der Waals surface area contributed by atoms with Gasteiger partial charge in [0, 0.05) is 6.04 Å². The zero-order chi connectivity index (χ0) is 14.1. The highest BCUT2D eigenvalue weighted by Crippen LogP contribution is 2.29. The summed E-state index contributed by atoms with van der Waals surface area (Å²) in [6, 6.07) is 6.58. The highest BCUT2D eigenvalue weighted by molar-refractivity contribution is 7.22. The Morgan fingerprint density at radius 3 is 2.55 bits per heavy atom. The molecule has 0 bridgehead atoms. The van der Waals surface area contributed by atoms with E-state index >= 15 is 0 Å². The highest BCUT2D eigenvalue weighted by Gasteiger charge is 2.24. The Labute approximate surface area is 122 Å².